The van der Waals surface area contributed by atoms with Crippen LogP contribution in [0.1, 0.15) is 27.2 Å². The molecule has 19 heavy (non-hydrogen) atoms. The number of amides is 1. The van der Waals surface area contributed by atoms with E-state index in [9.17, 15) is 9.59 Å². The van der Waals surface area contributed by atoms with Crippen molar-refractivity contribution < 1.29 is 14.3 Å². The zero-order valence-electron chi connectivity index (χ0n) is 12.7. The molecule has 0 aromatic heterocycles. The minimum absolute atomic E-state index is 0.242. The lowest BCUT2D eigenvalue weighted by atomic mass is 10.2. The molecule has 0 aliphatic rings. The van der Waals surface area contributed by atoms with Crippen LogP contribution in [-0.2, 0) is 14.3 Å². The largest absolute Gasteiger partial charge is 0.467 e. The van der Waals surface area contributed by atoms with E-state index in [2.05, 4.69) is 41.2 Å². The van der Waals surface area contributed by atoms with Gasteiger partial charge in [-0.25, -0.2) is 4.79 Å². The SMILES string of the molecule is CCC(C)N(C)CCNCC(NC(C)=O)C(=O)OC. The first kappa shape index (κ1) is 17.9. The third-order valence-electron chi connectivity index (χ3n) is 3.20. The van der Waals surface area contributed by atoms with Crippen molar-refractivity contribution in [1.82, 2.24) is 15.5 Å². The van der Waals surface area contributed by atoms with Crippen molar-refractivity contribution >= 4 is 11.9 Å². The average Bonchev–Trinajstić information content (AvgIpc) is 2.39. The predicted molar refractivity (Wildman–Crippen MR) is 74.9 cm³/mol. The highest BCUT2D eigenvalue weighted by Gasteiger charge is 2.19. The molecule has 2 N–H and O–H groups in total. The van der Waals surface area contributed by atoms with E-state index in [-0.39, 0.29) is 5.91 Å². The summed E-state index contributed by atoms with van der Waals surface area (Å²) in [6.45, 7) is 7.73. The third-order valence-corrected chi connectivity index (χ3v) is 3.20. The number of methoxy groups -OCH3 is 1. The number of nitrogens with zero attached hydrogens (tertiary/aromatic N) is 1. The molecule has 0 saturated heterocycles. The second-order valence-electron chi connectivity index (χ2n) is 4.72. The van der Waals surface area contributed by atoms with Gasteiger partial charge in [-0.15, -0.1) is 0 Å². The van der Waals surface area contributed by atoms with Crippen LogP contribution in [0.15, 0.2) is 0 Å². The van der Waals surface area contributed by atoms with Gasteiger partial charge >= 0.3 is 5.97 Å². The zero-order chi connectivity index (χ0) is 14.8. The Morgan fingerprint density at radius 3 is 2.47 bits per heavy atom. The summed E-state index contributed by atoms with van der Waals surface area (Å²) in [7, 11) is 3.38. The number of esters is 1. The van der Waals surface area contributed by atoms with Gasteiger partial charge in [0, 0.05) is 32.6 Å². The average molecular weight is 273 g/mol. The molecular weight excluding hydrogens is 246 g/mol. The van der Waals surface area contributed by atoms with Crippen LogP contribution in [-0.4, -0.2) is 62.7 Å². The normalized spacial score (nSPS) is 14.0. The topological polar surface area (TPSA) is 70.7 Å². The molecule has 0 aromatic carbocycles. The highest BCUT2D eigenvalue weighted by atomic mass is 16.5. The van der Waals surface area contributed by atoms with E-state index in [1.165, 1.54) is 14.0 Å². The molecule has 0 spiro atoms. The van der Waals surface area contributed by atoms with Crippen molar-refractivity contribution in [2.75, 3.05) is 33.8 Å². The molecule has 112 valence electrons. The number of carbonyl (C=O) groups is 2. The summed E-state index contributed by atoms with van der Waals surface area (Å²) in [4.78, 5) is 24.7. The number of nitrogens with one attached hydrogen (secondary N) is 2. The first-order chi connectivity index (χ1) is 8.92. The standard InChI is InChI=1S/C13H27N3O3/c1-6-10(2)16(4)8-7-14-9-12(13(18)19-5)15-11(3)17/h10,12,14H,6-9H2,1-5H3,(H,15,17). The van der Waals surface area contributed by atoms with Gasteiger partial charge in [0.2, 0.25) is 5.91 Å². The number of carbonyl (C=O) groups excluding carboxylic acids is 2. The molecule has 0 aliphatic carbocycles. The molecule has 0 aromatic rings. The fraction of sp³-hybridized carbons (Fsp3) is 0.846. The Morgan fingerprint density at radius 1 is 1.37 bits per heavy atom. The number of ether oxygens (including phenoxy) is 1. The van der Waals surface area contributed by atoms with Crippen molar-refractivity contribution in [3.63, 3.8) is 0 Å². The summed E-state index contributed by atoms with van der Waals surface area (Å²) in [6, 6.07) is -0.0926. The molecule has 2 atom stereocenters. The Bertz CT molecular complexity index is 284. The molecule has 0 saturated carbocycles. The number of hydrogen-bond acceptors (Lipinski definition) is 5. The van der Waals surface area contributed by atoms with E-state index in [0.717, 1.165) is 19.5 Å². The lowest BCUT2D eigenvalue weighted by Gasteiger charge is -2.24. The lowest BCUT2D eigenvalue weighted by Crippen LogP contribution is -2.48. The molecule has 0 fully saturated rings. The van der Waals surface area contributed by atoms with Crippen LogP contribution in [0.4, 0.5) is 0 Å². The zero-order valence-corrected chi connectivity index (χ0v) is 12.7. The summed E-state index contributed by atoms with van der Waals surface area (Å²) < 4.78 is 4.64. The van der Waals surface area contributed by atoms with Crippen LogP contribution in [0.2, 0.25) is 0 Å². The Hall–Kier alpha value is -1.14. The van der Waals surface area contributed by atoms with Crippen molar-refractivity contribution in [3.05, 3.63) is 0 Å². The smallest absolute Gasteiger partial charge is 0.329 e. The van der Waals surface area contributed by atoms with Crippen molar-refractivity contribution in [3.8, 4) is 0 Å². The molecule has 0 rings (SSSR count). The van der Waals surface area contributed by atoms with E-state index in [4.69, 9.17) is 0 Å². The molecule has 6 heteroatoms. The highest BCUT2D eigenvalue weighted by molar-refractivity contribution is 5.83. The lowest BCUT2D eigenvalue weighted by molar-refractivity contribution is -0.144. The van der Waals surface area contributed by atoms with Crippen molar-refractivity contribution in [1.29, 1.82) is 0 Å². The van der Waals surface area contributed by atoms with Crippen molar-refractivity contribution in [2.24, 2.45) is 0 Å². The maximum atomic E-state index is 11.4. The van der Waals surface area contributed by atoms with Gasteiger partial charge in [0.25, 0.3) is 0 Å². The monoisotopic (exact) mass is 273 g/mol. The molecule has 0 radical (unpaired) electrons. The van der Waals surface area contributed by atoms with Gasteiger partial charge in [0.1, 0.15) is 6.04 Å². The molecule has 0 bridgehead atoms. The predicted octanol–water partition coefficient (Wildman–Crippen LogP) is -0.0160. The molecule has 6 nitrogen and oxygen atoms in total. The van der Waals surface area contributed by atoms with E-state index in [1.807, 2.05) is 0 Å². The van der Waals surface area contributed by atoms with Gasteiger partial charge in [-0.1, -0.05) is 6.92 Å². The minimum Gasteiger partial charge on any atom is -0.467 e. The van der Waals surface area contributed by atoms with Gasteiger partial charge in [0.15, 0.2) is 0 Å². The Balaban J connectivity index is 3.99. The quantitative estimate of drug-likeness (QED) is 0.456. The van der Waals surface area contributed by atoms with Gasteiger partial charge in [-0.05, 0) is 20.4 Å². The maximum Gasteiger partial charge on any atom is 0.329 e. The van der Waals surface area contributed by atoms with Crippen LogP contribution in [0.5, 0.6) is 0 Å². The van der Waals surface area contributed by atoms with Gasteiger partial charge in [-0.3, -0.25) is 4.79 Å². The second kappa shape index (κ2) is 9.75. The number of likely N-dealkylation sites (N-methyl/N-ethyl adjacent to an activating group) is 1. The van der Waals surface area contributed by atoms with Crippen LogP contribution in [0, 0.1) is 0 Å². The van der Waals surface area contributed by atoms with E-state index < -0.39 is 12.0 Å². The number of rotatable bonds is 9. The van der Waals surface area contributed by atoms with Gasteiger partial charge < -0.3 is 20.3 Å². The Labute approximate surface area is 115 Å². The molecular formula is C13H27N3O3. The summed E-state index contributed by atoms with van der Waals surface area (Å²) in [5.41, 5.74) is 0. The fourth-order valence-corrected chi connectivity index (χ4v) is 1.61. The van der Waals surface area contributed by atoms with Gasteiger partial charge in [0.05, 0.1) is 7.11 Å². The minimum atomic E-state index is -0.628. The van der Waals surface area contributed by atoms with Crippen molar-refractivity contribution in [2.45, 2.75) is 39.3 Å². The Morgan fingerprint density at radius 2 is 2.00 bits per heavy atom. The second-order valence-corrected chi connectivity index (χ2v) is 4.72. The summed E-state index contributed by atoms with van der Waals surface area (Å²) >= 11 is 0. The number of hydrogen-bond donors (Lipinski definition) is 2. The summed E-state index contributed by atoms with van der Waals surface area (Å²) in [5.74, 6) is -0.674. The van der Waals surface area contributed by atoms with Gasteiger partial charge in [-0.2, -0.15) is 0 Å². The maximum absolute atomic E-state index is 11.4. The van der Waals surface area contributed by atoms with Crippen LogP contribution < -0.4 is 10.6 Å². The van der Waals surface area contributed by atoms with E-state index >= 15 is 0 Å². The summed E-state index contributed by atoms with van der Waals surface area (Å²) in [6.07, 6.45) is 1.10. The van der Waals surface area contributed by atoms with E-state index in [0.29, 0.717) is 12.6 Å². The molecule has 2 unspecified atom stereocenters. The molecule has 0 heterocycles. The fourth-order valence-electron chi connectivity index (χ4n) is 1.61. The first-order valence-electron chi connectivity index (χ1n) is 6.68. The van der Waals surface area contributed by atoms with Crippen LogP contribution in [0.3, 0.4) is 0 Å². The van der Waals surface area contributed by atoms with Crippen LogP contribution >= 0.6 is 0 Å². The van der Waals surface area contributed by atoms with E-state index in [1.54, 1.807) is 0 Å². The first-order valence-corrected chi connectivity index (χ1v) is 6.68. The molecule has 1 amide bonds. The Kier molecular flexibility index (Phi) is 9.16. The highest BCUT2D eigenvalue weighted by Crippen LogP contribution is 1.98. The summed E-state index contributed by atoms with van der Waals surface area (Å²) in [5, 5.41) is 5.72. The third kappa shape index (κ3) is 7.79. The molecule has 0 aliphatic heterocycles. The van der Waals surface area contributed by atoms with Crippen LogP contribution in [0.25, 0.3) is 0 Å².